The number of amides is 1. The molecule has 0 saturated heterocycles. The van der Waals surface area contributed by atoms with Gasteiger partial charge >= 0.3 is 0 Å². The molecular formula is C17H16BrN3O7. The van der Waals surface area contributed by atoms with Gasteiger partial charge in [0.2, 0.25) is 5.75 Å². The fraction of sp³-hybridized carbons (Fsp3) is 0.176. The highest BCUT2D eigenvalue weighted by molar-refractivity contribution is 9.10. The molecular weight excluding hydrogens is 438 g/mol. The number of phenolic OH excluding ortho intramolecular Hbond substituents is 1. The van der Waals surface area contributed by atoms with Gasteiger partial charge in [-0.25, -0.2) is 5.43 Å². The quantitative estimate of drug-likeness (QED) is 0.356. The van der Waals surface area contributed by atoms with Crippen LogP contribution in [-0.2, 0) is 4.79 Å². The standard InChI is InChI=1S/C17H16BrN3O7/c1-26-14-5-10(6-15(27-2)17(14)23)8-19-20-16(22)9-28-13-4-3-11(21(24)25)7-12(13)18/h3-8,23H,9H2,1-2H3,(H,20,22)/b19-8+. The fourth-order valence-electron chi connectivity index (χ4n) is 2.06. The first-order valence-electron chi connectivity index (χ1n) is 7.69. The van der Waals surface area contributed by atoms with Crippen LogP contribution in [0.3, 0.4) is 0 Å². The second kappa shape index (κ2) is 9.55. The maximum Gasteiger partial charge on any atom is 0.277 e. The summed E-state index contributed by atoms with van der Waals surface area (Å²) in [7, 11) is 2.79. The van der Waals surface area contributed by atoms with Gasteiger partial charge in [-0.1, -0.05) is 0 Å². The van der Waals surface area contributed by atoms with E-state index in [2.05, 4.69) is 26.5 Å². The minimum Gasteiger partial charge on any atom is -0.502 e. The molecule has 0 aliphatic rings. The number of nitrogens with one attached hydrogen (secondary N) is 1. The fourth-order valence-corrected chi connectivity index (χ4v) is 2.54. The molecule has 2 aromatic rings. The van der Waals surface area contributed by atoms with E-state index in [1.165, 1.54) is 50.8 Å². The minimum atomic E-state index is -0.542. The van der Waals surface area contributed by atoms with Gasteiger partial charge in [0.15, 0.2) is 18.1 Å². The van der Waals surface area contributed by atoms with Gasteiger partial charge < -0.3 is 19.3 Å². The zero-order chi connectivity index (χ0) is 20.7. The molecule has 1 amide bonds. The number of benzene rings is 2. The number of halogens is 1. The summed E-state index contributed by atoms with van der Waals surface area (Å²) in [5.74, 6) is -0.0258. The van der Waals surface area contributed by atoms with Gasteiger partial charge in [-0.05, 0) is 34.1 Å². The van der Waals surface area contributed by atoms with Crippen molar-refractivity contribution in [2.45, 2.75) is 0 Å². The van der Waals surface area contributed by atoms with Crippen LogP contribution in [0, 0.1) is 10.1 Å². The molecule has 11 heteroatoms. The number of ether oxygens (including phenoxy) is 3. The highest BCUT2D eigenvalue weighted by Gasteiger charge is 2.12. The van der Waals surface area contributed by atoms with Crippen molar-refractivity contribution in [1.29, 1.82) is 0 Å². The third kappa shape index (κ3) is 5.33. The van der Waals surface area contributed by atoms with Crippen LogP contribution in [0.5, 0.6) is 23.0 Å². The molecule has 28 heavy (non-hydrogen) atoms. The summed E-state index contributed by atoms with van der Waals surface area (Å²) in [6, 6.07) is 6.95. The van der Waals surface area contributed by atoms with E-state index < -0.39 is 10.8 Å². The van der Waals surface area contributed by atoms with Gasteiger partial charge in [0.25, 0.3) is 11.6 Å². The molecule has 0 atom stereocenters. The van der Waals surface area contributed by atoms with Crippen LogP contribution in [0.1, 0.15) is 5.56 Å². The van der Waals surface area contributed by atoms with E-state index in [4.69, 9.17) is 14.2 Å². The van der Waals surface area contributed by atoms with Crippen molar-refractivity contribution in [2.75, 3.05) is 20.8 Å². The summed E-state index contributed by atoms with van der Waals surface area (Å²) in [6.45, 7) is -0.351. The van der Waals surface area contributed by atoms with Crippen LogP contribution in [0.4, 0.5) is 5.69 Å². The van der Waals surface area contributed by atoms with Crippen molar-refractivity contribution >= 4 is 33.7 Å². The summed E-state index contributed by atoms with van der Waals surface area (Å²) in [5.41, 5.74) is 2.69. The first-order chi connectivity index (χ1) is 13.3. The lowest BCUT2D eigenvalue weighted by Gasteiger charge is -2.09. The first kappa shape index (κ1) is 21.0. The number of hydrazone groups is 1. The van der Waals surface area contributed by atoms with Gasteiger partial charge in [-0.15, -0.1) is 0 Å². The smallest absolute Gasteiger partial charge is 0.277 e. The van der Waals surface area contributed by atoms with E-state index in [1.54, 1.807) is 0 Å². The lowest BCUT2D eigenvalue weighted by Crippen LogP contribution is -2.24. The molecule has 0 spiro atoms. The number of nitrogens with zero attached hydrogens (tertiary/aromatic N) is 2. The number of nitro benzene ring substituents is 1. The lowest BCUT2D eigenvalue weighted by molar-refractivity contribution is -0.384. The summed E-state index contributed by atoms with van der Waals surface area (Å²) >= 11 is 3.15. The molecule has 0 heterocycles. The Kier molecular flexibility index (Phi) is 7.15. The minimum absolute atomic E-state index is 0.104. The van der Waals surface area contributed by atoms with E-state index in [0.717, 1.165) is 0 Å². The molecule has 0 radical (unpaired) electrons. The SMILES string of the molecule is COc1cc(/C=N/NC(=O)COc2ccc([N+](=O)[O-])cc2Br)cc(OC)c1O. The Bertz CT molecular complexity index is 893. The van der Waals surface area contributed by atoms with Crippen molar-refractivity contribution < 1.29 is 29.0 Å². The van der Waals surface area contributed by atoms with Crippen molar-refractivity contribution in [2.24, 2.45) is 5.10 Å². The van der Waals surface area contributed by atoms with Crippen molar-refractivity contribution in [3.8, 4) is 23.0 Å². The second-order valence-electron chi connectivity index (χ2n) is 5.23. The maximum absolute atomic E-state index is 11.8. The van der Waals surface area contributed by atoms with E-state index in [-0.39, 0.29) is 35.3 Å². The maximum atomic E-state index is 11.8. The van der Waals surface area contributed by atoms with Gasteiger partial charge in [0.05, 0.1) is 29.8 Å². The molecule has 2 N–H and O–H groups in total. The van der Waals surface area contributed by atoms with Gasteiger partial charge in [0, 0.05) is 17.7 Å². The summed E-state index contributed by atoms with van der Waals surface area (Å²) in [5, 5.41) is 24.3. The Morgan fingerprint density at radius 2 is 1.89 bits per heavy atom. The molecule has 0 unspecified atom stereocenters. The molecule has 2 aromatic carbocycles. The van der Waals surface area contributed by atoms with Crippen molar-refractivity contribution in [1.82, 2.24) is 5.43 Å². The molecule has 0 aliphatic heterocycles. The van der Waals surface area contributed by atoms with Crippen molar-refractivity contribution in [3.63, 3.8) is 0 Å². The topological polar surface area (TPSA) is 133 Å². The molecule has 0 bridgehead atoms. The van der Waals surface area contributed by atoms with Crippen molar-refractivity contribution in [3.05, 3.63) is 50.5 Å². The zero-order valence-electron chi connectivity index (χ0n) is 14.8. The third-order valence-electron chi connectivity index (χ3n) is 3.39. The van der Waals surface area contributed by atoms with E-state index in [0.29, 0.717) is 10.0 Å². The highest BCUT2D eigenvalue weighted by atomic mass is 79.9. The van der Waals surface area contributed by atoms with Crippen LogP contribution in [0.25, 0.3) is 0 Å². The Morgan fingerprint density at radius 1 is 1.25 bits per heavy atom. The number of carbonyl (C=O) groups excluding carboxylic acids is 1. The summed E-state index contributed by atoms with van der Waals surface area (Å²) in [4.78, 5) is 22.0. The molecule has 0 fully saturated rings. The lowest BCUT2D eigenvalue weighted by atomic mass is 10.2. The Labute approximate surface area is 168 Å². The predicted octanol–water partition coefficient (Wildman–Crippen LogP) is 2.61. The number of hydrogen-bond acceptors (Lipinski definition) is 8. The monoisotopic (exact) mass is 453 g/mol. The normalized spacial score (nSPS) is 10.5. The Hall–Kier alpha value is -3.34. The number of aromatic hydroxyl groups is 1. The molecule has 0 aromatic heterocycles. The zero-order valence-corrected chi connectivity index (χ0v) is 16.4. The van der Waals surface area contributed by atoms with Crippen LogP contribution < -0.4 is 19.6 Å². The average molecular weight is 454 g/mol. The Morgan fingerprint density at radius 3 is 2.43 bits per heavy atom. The number of methoxy groups -OCH3 is 2. The predicted molar refractivity (Wildman–Crippen MR) is 103 cm³/mol. The van der Waals surface area contributed by atoms with Crippen LogP contribution in [0.15, 0.2) is 39.9 Å². The van der Waals surface area contributed by atoms with E-state index in [1.807, 2.05) is 0 Å². The van der Waals surface area contributed by atoms with Crippen LogP contribution in [0.2, 0.25) is 0 Å². The first-order valence-corrected chi connectivity index (χ1v) is 8.48. The van der Waals surface area contributed by atoms with Gasteiger partial charge in [0.1, 0.15) is 5.75 Å². The van der Waals surface area contributed by atoms with Crippen LogP contribution in [-0.4, -0.2) is 43.0 Å². The molecule has 10 nitrogen and oxygen atoms in total. The number of hydrogen-bond donors (Lipinski definition) is 2. The van der Waals surface area contributed by atoms with E-state index >= 15 is 0 Å². The Balaban J connectivity index is 1.95. The molecule has 0 saturated carbocycles. The number of nitro groups is 1. The highest BCUT2D eigenvalue weighted by Crippen LogP contribution is 2.36. The largest absolute Gasteiger partial charge is 0.502 e. The van der Waals surface area contributed by atoms with E-state index in [9.17, 15) is 20.0 Å². The summed E-state index contributed by atoms with van der Waals surface area (Å²) in [6.07, 6.45) is 1.34. The molecule has 148 valence electrons. The van der Waals surface area contributed by atoms with Gasteiger partial charge in [-0.3, -0.25) is 14.9 Å². The average Bonchev–Trinajstić information content (AvgIpc) is 2.67. The molecule has 2 rings (SSSR count). The number of carbonyl (C=O) groups is 1. The third-order valence-corrected chi connectivity index (χ3v) is 4.01. The molecule has 0 aliphatic carbocycles. The number of rotatable bonds is 8. The van der Waals surface area contributed by atoms with Gasteiger partial charge in [-0.2, -0.15) is 5.10 Å². The second-order valence-corrected chi connectivity index (χ2v) is 6.08. The summed E-state index contributed by atoms with van der Waals surface area (Å²) < 4.78 is 15.7. The van der Waals surface area contributed by atoms with Crippen LogP contribution >= 0.6 is 15.9 Å². The number of phenols is 1. The number of non-ortho nitro benzene ring substituents is 1.